The SMILES string of the molecule is Nc1nc(-c2ncco2)c(-c2ccc3ncccc3c2)nc1C(=O)NCC(=O)N1CCC1. The van der Waals surface area contributed by atoms with Gasteiger partial charge in [-0.05, 0) is 24.6 Å². The molecule has 0 radical (unpaired) electrons. The molecule has 0 spiro atoms. The third-order valence-electron chi connectivity index (χ3n) is 5.26. The van der Waals surface area contributed by atoms with E-state index in [1.54, 1.807) is 11.1 Å². The highest BCUT2D eigenvalue weighted by Gasteiger charge is 2.24. The molecular formula is C22H19N7O3. The Morgan fingerprint density at radius 1 is 1.09 bits per heavy atom. The number of carbonyl (C=O) groups is 2. The van der Waals surface area contributed by atoms with E-state index >= 15 is 0 Å². The van der Waals surface area contributed by atoms with Crippen LogP contribution in [0.25, 0.3) is 33.7 Å². The minimum atomic E-state index is -0.577. The fourth-order valence-corrected chi connectivity index (χ4v) is 3.45. The molecule has 4 aromatic rings. The summed E-state index contributed by atoms with van der Waals surface area (Å²) >= 11 is 0. The van der Waals surface area contributed by atoms with Crippen molar-refractivity contribution < 1.29 is 14.0 Å². The van der Waals surface area contributed by atoms with Gasteiger partial charge >= 0.3 is 0 Å². The van der Waals surface area contributed by atoms with Gasteiger partial charge in [-0.2, -0.15) is 0 Å². The molecule has 0 bridgehead atoms. The Kier molecular flexibility index (Phi) is 4.94. The summed E-state index contributed by atoms with van der Waals surface area (Å²) in [5.74, 6) is -0.579. The lowest BCUT2D eigenvalue weighted by atomic mass is 10.1. The predicted octanol–water partition coefficient (Wildman–Crippen LogP) is 1.89. The first-order chi connectivity index (χ1) is 15.6. The van der Waals surface area contributed by atoms with E-state index < -0.39 is 5.91 Å². The standard InChI is InChI=1S/C22H19N7O3/c23-20-19(21(31)26-12-16(30)29-8-2-9-29)27-17(18(28-20)22-25-7-10-32-22)14-4-5-15-13(11-14)3-1-6-24-15/h1,3-7,10-11H,2,8-9,12H2,(H2,23,28)(H,26,31). The van der Waals surface area contributed by atoms with Crippen LogP contribution in [0.3, 0.4) is 0 Å². The van der Waals surface area contributed by atoms with Crippen molar-refractivity contribution in [2.24, 2.45) is 0 Å². The molecule has 10 nitrogen and oxygen atoms in total. The Morgan fingerprint density at radius 3 is 2.72 bits per heavy atom. The van der Waals surface area contributed by atoms with E-state index in [0.29, 0.717) is 30.0 Å². The number of hydrogen-bond donors (Lipinski definition) is 2. The van der Waals surface area contributed by atoms with Gasteiger partial charge in [-0.15, -0.1) is 0 Å². The molecule has 32 heavy (non-hydrogen) atoms. The van der Waals surface area contributed by atoms with Crippen LogP contribution in [0.5, 0.6) is 0 Å². The van der Waals surface area contributed by atoms with E-state index in [1.807, 2.05) is 30.3 Å². The Hall–Kier alpha value is -4.34. The van der Waals surface area contributed by atoms with E-state index in [2.05, 4.69) is 25.3 Å². The van der Waals surface area contributed by atoms with E-state index in [1.165, 1.54) is 12.5 Å². The van der Waals surface area contributed by atoms with Crippen molar-refractivity contribution in [3.05, 3.63) is 54.7 Å². The summed E-state index contributed by atoms with van der Waals surface area (Å²) in [6.45, 7) is 1.29. The summed E-state index contributed by atoms with van der Waals surface area (Å²) in [5, 5.41) is 3.49. The number of anilines is 1. The molecular weight excluding hydrogens is 410 g/mol. The molecule has 3 N–H and O–H groups in total. The fourth-order valence-electron chi connectivity index (χ4n) is 3.45. The number of nitrogens with two attached hydrogens (primary N) is 1. The average Bonchev–Trinajstić information content (AvgIpc) is 3.30. The number of nitrogens with zero attached hydrogens (tertiary/aromatic N) is 5. The van der Waals surface area contributed by atoms with Crippen LogP contribution in [-0.4, -0.2) is 56.3 Å². The first-order valence-electron chi connectivity index (χ1n) is 10.1. The van der Waals surface area contributed by atoms with Crippen LogP contribution >= 0.6 is 0 Å². The van der Waals surface area contributed by atoms with Gasteiger partial charge in [-0.1, -0.05) is 12.1 Å². The van der Waals surface area contributed by atoms with Gasteiger partial charge in [-0.25, -0.2) is 15.0 Å². The lowest BCUT2D eigenvalue weighted by Gasteiger charge is -2.30. The number of benzene rings is 1. The molecule has 2 amide bonds. The molecule has 0 aliphatic carbocycles. The second-order valence-corrected chi connectivity index (χ2v) is 7.32. The van der Waals surface area contributed by atoms with E-state index in [0.717, 1.165) is 17.3 Å². The molecule has 0 unspecified atom stereocenters. The summed E-state index contributed by atoms with van der Waals surface area (Å²) in [6, 6.07) is 9.34. The van der Waals surface area contributed by atoms with Gasteiger partial charge in [0.1, 0.15) is 12.0 Å². The number of fused-ring (bicyclic) bond motifs is 1. The summed E-state index contributed by atoms with van der Waals surface area (Å²) in [7, 11) is 0. The van der Waals surface area contributed by atoms with Gasteiger partial charge < -0.3 is 20.4 Å². The second-order valence-electron chi connectivity index (χ2n) is 7.32. The van der Waals surface area contributed by atoms with Crippen LogP contribution in [0.15, 0.2) is 53.4 Å². The van der Waals surface area contributed by atoms with Gasteiger partial charge in [0, 0.05) is 30.2 Å². The predicted molar refractivity (Wildman–Crippen MR) is 116 cm³/mol. The molecule has 1 saturated heterocycles. The quantitative estimate of drug-likeness (QED) is 0.490. The first-order valence-corrected chi connectivity index (χ1v) is 10.1. The first kappa shape index (κ1) is 19.6. The number of hydrogen-bond acceptors (Lipinski definition) is 8. The van der Waals surface area contributed by atoms with Crippen LogP contribution < -0.4 is 11.1 Å². The molecule has 3 aromatic heterocycles. The summed E-state index contributed by atoms with van der Waals surface area (Å²) in [6.07, 6.45) is 5.60. The van der Waals surface area contributed by atoms with Gasteiger partial charge in [0.25, 0.3) is 5.91 Å². The van der Waals surface area contributed by atoms with Crippen molar-refractivity contribution in [1.82, 2.24) is 30.2 Å². The van der Waals surface area contributed by atoms with Crippen molar-refractivity contribution in [3.63, 3.8) is 0 Å². The largest absolute Gasteiger partial charge is 0.443 e. The van der Waals surface area contributed by atoms with Crippen molar-refractivity contribution in [3.8, 4) is 22.8 Å². The van der Waals surface area contributed by atoms with E-state index in [4.69, 9.17) is 10.2 Å². The number of rotatable bonds is 5. The lowest BCUT2D eigenvalue weighted by molar-refractivity contribution is -0.133. The monoisotopic (exact) mass is 429 g/mol. The Morgan fingerprint density at radius 2 is 1.97 bits per heavy atom. The molecule has 1 fully saturated rings. The van der Waals surface area contributed by atoms with Crippen LogP contribution in [0.2, 0.25) is 0 Å². The van der Waals surface area contributed by atoms with Crippen LogP contribution in [0.4, 0.5) is 5.82 Å². The highest BCUT2D eigenvalue weighted by molar-refractivity contribution is 5.99. The third-order valence-corrected chi connectivity index (χ3v) is 5.26. The van der Waals surface area contributed by atoms with Crippen molar-refractivity contribution in [1.29, 1.82) is 0 Å². The minimum Gasteiger partial charge on any atom is -0.443 e. The van der Waals surface area contributed by atoms with Gasteiger partial charge in [-0.3, -0.25) is 14.6 Å². The maximum atomic E-state index is 12.8. The zero-order valence-electron chi connectivity index (χ0n) is 17.0. The van der Waals surface area contributed by atoms with Crippen molar-refractivity contribution in [2.75, 3.05) is 25.4 Å². The van der Waals surface area contributed by atoms with E-state index in [9.17, 15) is 9.59 Å². The van der Waals surface area contributed by atoms with Gasteiger partial charge in [0.05, 0.1) is 18.3 Å². The zero-order chi connectivity index (χ0) is 22.1. The number of amides is 2. The molecule has 10 heteroatoms. The number of oxazole rings is 1. The molecule has 1 aliphatic rings. The van der Waals surface area contributed by atoms with E-state index in [-0.39, 0.29) is 29.9 Å². The number of carbonyl (C=O) groups excluding carboxylic acids is 2. The van der Waals surface area contributed by atoms with Crippen LogP contribution in [0, 0.1) is 0 Å². The summed E-state index contributed by atoms with van der Waals surface area (Å²) in [4.78, 5) is 43.9. The molecule has 0 saturated carbocycles. The van der Waals surface area contributed by atoms with Crippen molar-refractivity contribution >= 4 is 28.5 Å². The van der Waals surface area contributed by atoms with Gasteiger partial charge in [0.15, 0.2) is 17.2 Å². The summed E-state index contributed by atoms with van der Waals surface area (Å²) in [5.41, 5.74) is 8.19. The topological polar surface area (TPSA) is 140 Å². The highest BCUT2D eigenvalue weighted by atomic mass is 16.3. The third kappa shape index (κ3) is 3.62. The average molecular weight is 429 g/mol. The Balaban J connectivity index is 1.54. The zero-order valence-corrected chi connectivity index (χ0v) is 17.0. The Bertz CT molecular complexity index is 1320. The second kappa shape index (κ2) is 8.06. The smallest absolute Gasteiger partial charge is 0.274 e. The molecule has 4 heterocycles. The highest BCUT2D eigenvalue weighted by Crippen LogP contribution is 2.31. The van der Waals surface area contributed by atoms with Crippen LogP contribution in [0.1, 0.15) is 16.9 Å². The molecule has 1 aliphatic heterocycles. The number of aromatic nitrogens is 4. The van der Waals surface area contributed by atoms with Gasteiger partial charge in [0.2, 0.25) is 11.8 Å². The number of likely N-dealkylation sites (tertiary alicyclic amines) is 1. The normalized spacial score (nSPS) is 13.1. The molecule has 5 rings (SSSR count). The maximum Gasteiger partial charge on any atom is 0.274 e. The maximum absolute atomic E-state index is 12.8. The fraction of sp³-hybridized carbons (Fsp3) is 0.182. The number of nitrogen functional groups attached to an aromatic ring is 1. The molecule has 160 valence electrons. The molecule has 1 aromatic carbocycles. The van der Waals surface area contributed by atoms with Crippen molar-refractivity contribution in [2.45, 2.75) is 6.42 Å². The molecule has 0 atom stereocenters. The minimum absolute atomic E-state index is 0.0713. The lowest BCUT2D eigenvalue weighted by Crippen LogP contribution is -2.47. The Labute approximate surface area is 182 Å². The number of pyridine rings is 1. The number of nitrogens with one attached hydrogen (secondary N) is 1. The van der Waals surface area contributed by atoms with Crippen LogP contribution in [-0.2, 0) is 4.79 Å². The summed E-state index contributed by atoms with van der Waals surface area (Å²) < 4.78 is 5.42.